The molecular weight excluding hydrogens is 1940 g/mol. The third-order valence-corrected chi connectivity index (χ3v) is 21.6. The lowest BCUT2D eigenvalue weighted by Crippen LogP contribution is -2.15. The monoisotopic (exact) mass is 2050 g/mol. The number of aryl methyl sites for hydroxylation is 2. The maximum absolute atomic E-state index is 13.6. The summed E-state index contributed by atoms with van der Waals surface area (Å²) in [6, 6.07) is 74.9. The molecule has 14 N–H and O–H groups in total. The van der Waals surface area contributed by atoms with Gasteiger partial charge in [0.05, 0.1) is 38.9 Å². The van der Waals surface area contributed by atoms with Gasteiger partial charge in [-0.05, 0) is 206 Å². The molecular formula is C115H104F6O28. The Labute approximate surface area is 850 Å². The Morgan fingerprint density at radius 1 is 0.262 bits per heavy atom. The van der Waals surface area contributed by atoms with E-state index >= 15 is 0 Å². The molecule has 774 valence electrons. The number of benzene rings is 15. The van der Waals surface area contributed by atoms with Crippen LogP contribution in [0.25, 0.3) is 11.1 Å². The second-order valence-corrected chi connectivity index (χ2v) is 34.1. The van der Waals surface area contributed by atoms with Crippen molar-refractivity contribution in [2.45, 2.75) is 73.6 Å². The second-order valence-electron chi connectivity index (χ2n) is 34.1. The molecule has 0 bridgehead atoms. The van der Waals surface area contributed by atoms with Crippen molar-refractivity contribution in [1.29, 1.82) is 0 Å². The predicted octanol–water partition coefficient (Wildman–Crippen LogP) is 22.7. The molecule has 34 heteroatoms. The Hall–Kier alpha value is -18.6. The average Bonchev–Trinajstić information content (AvgIpc) is 0.788. The molecule has 15 rings (SSSR count). The smallest absolute Gasteiger partial charge is 0.204 e. The minimum Gasteiger partial charge on any atom is -0.508 e. The van der Waals surface area contributed by atoms with Crippen molar-refractivity contribution in [1.82, 2.24) is 0 Å². The second kappa shape index (κ2) is 53.6. The number of carbonyl (C=O) groups excluding carboxylic acids is 7. The lowest BCUT2D eigenvalue weighted by atomic mass is 9.87. The van der Waals surface area contributed by atoms with Gasteiger partial charge in [-0.2, -0.15) is 8.78 Å². The zero-order valence-electron chi connectivity index (χ0n) is 81.5. The molecule has 0 aliphatic rings. The first-order chi connectivity index (χ1) is 70.6. The van der Waals surface area contributed by atoms with Crippen LogP contribution in [0.1, 0.15) is 146 Å². The van der Waals surface area contributed by atoms with E-state index in [2.05, 4.69) is 39.4 Å². The van der Waals surface area contributed by atoms with Crippen LogP contribution in [-0.4, -0.2) is 158 Å². The van der Waals surface area contributed by atoms with Crippen LogP contribution in [0.2, 0.25) is 0 Å². The van der Waals surface area contributed by atoms with Gasteiger partial charge in [0.15, 0.2) is 63.6 Å². The van der Waals surface area contributed by atoms with Gasteiger partial charge >= 0.3 is 0 Å². The molecule has 0 aromatic heterocycles. The number of carbonyl (C=O) groups is 7. The van der Waals surface area contributed by atoms with Crippen LogP contribution in [0.3, 0.4) is 0 Å². The van der Waals surface area contributed by atoms with E-state index in [9.17, 15) is 111 Å². The zero-order chi connectivity index (χ0) is 109. The van der Waals surface area contributed by atoms with Crippen LogP contribution in [0, 0.1) is 62.6 Å². The third-order valence-electron chi connectivity index (χ3n) is 21.6. The summed E-state index contributed by atoms with van der Waals surface area (Å²) in [6.45, 7) is 14.2. The molecule has 0 aliphatic carbocycles. The van der Waals surface area contributed by atoms with Crippen molar-refractivity contribution < 1.29 is 165 Å². The summed E-state index contributed by atoms with van der Waals surface area (Å²) in [6.07, 6.45) is 0. The van der Waals surface area contributed by atoms with Crippen molar-refractivity contribution in [3.63, 3.8) is 0 Å². The largest absolute Gasteiger partial charge is 0.508 e. The first-order valence-corrected chi connectivity index (χ1v) is 45.2. The van der Waals surface area contributed by atoms with Crippen LogP contribution in [-0.2, 0) is 5.41 Å². The van der Waals surface area contributed by atoms with E-state index in [-0.39, 0.29) is 187 Å². The van der Waals surface area contributed by atoms with E-state index in [0.29, 0.717) is 34.7 Å². The van der Waals surface area contributed by atoms with E-state index in [4.69, 9.17) is 48.8 Å². The Morgan fingerprint density at radius 3 is 0.805 bits per heavy atom. The van der Waals surface area contributed by atoms with Gasteiger partial charge in [0.2, 0.25) is 52.1 Å². The lowest BCUT2D eigenvalue weighted by molar-refractivity contribution is 0.0904. The molecule has 28 nitrogen and oxygen atoms in total. The molecule has 15 aromatic rings. The van der Waals surface area contributed by atoms with E-state index < -0.39 is 82.5 Å². The van der Waals surface area contributed by atoms with Gasteiger partial charge in [-0.25, -0.2) is 17.6 Å². The van der Waals surface area contributed by atoms with Crippen molar-refractivity contribution >= 4 is 40.5 Å². The minimum absolute atomic E-state index is 0.0548. The van der Waals surface area contributed by atoms with Crippen LogP contribution < -0.4 is 33.2 Å². The van der Waals surface area contributed by atoms with E-state index in [1.165, 1.54) is 90.8 Å². The summed E-state index contributed by atoms with van der Waals surface area (Å²) in [4.78, 5) is 83.4. The molecule has 0 amide bonds. The summed E-state index contributed by atoms with van der Waals surface area (Å²) in [5.41, 5.74) is 5.96. The van der Waals surface area contributed by atoms with Crippen molar-refractivity contribution in [2.24, 2.45) is 0 Å². The standard InChI is InChI=1S/C20H16O4.C18H20O4.C17H18O4.C15H10F4O4.C15H12F2O4.2C15H14O4/c21-16-8-11-18(19(22)12-16)20(23)13-24-17-9-6-15(7-10-17)14-4-2-1-3-5-14;1-18(2,3)12-4-7-14(8-5-12)22-11-17(21)15-9-6-13(19)10-16(15)20;1-11(2)12-3-6-14(7-4-12)21-10-17(20)15-8-5-13(18)9-16(15)19;1-6-11(16)13(18)15(14(19)12(6)17)23-5-10(22)8-3-2-7(20)4-9(8)21;1-8-12(16)5-10(6-13(8)17)21-7-15(20)11-3-2-9(18)4-14(11)19;1-10-2-5-12(6-3-10)19-9-15(18)13-7-4-11(16)8-14(13)17;1-10-4-2-3-5-15(10)19-9-14(18)12-7-6-11(16)8-13(12)17/h1-12,21-22H,13H2;4-10,19-20H,11H2,1-3H3;3-9,11,18-19H,10H2,1-2H3;2-4,20-21H,5H2,1H3;2-6,18-19H,7H2,1H3;2*2-8,16-17H,9H2,1H3. The molecule has 0 saturated carbocycles. The molecule has 0 heterocycles. The normalized spacial score (nSPS) is 10.5. The molecule has 0 aliphatic heterocycles. The van der Waals surface area contributed by atoms with E-state index in [0.717, 1.165) is 95.9 Å². The summed E-state index contributed by atoms with van der Waals surface area (Å²) in [5, 5.41) is 131. The number of Topliss-reactive ketones (excluding diaryl/α,β-unsaturated/α-hetero) is 7. The Kier molecular flexibility index (Phi) is 41.0. The van der Waals surface area contributed by atoms with Gasteiger partial charge in [0.1, 0.15) is 127 Å². The van der Waals surface area contributed by atoms with Crippen molar-refractivity contribution in [3.05, 3.63) is 398 Å². The van der Waals surface area contributed by atoms with Gasteiger partial charge in [-0.1, -0.05) is 137 Å². The van der Waals surface area contributed by atoms with Gasteiger partial charge in [-0.15, -0.1) is 0 Å². The third kappa shape index (κ3) is 34.0. The zero-order valence-corrected chi connectivity index (χ0v) is 81.5. The highest BCUT2D eigenvalue weighted by molar-refractivity contribution is 6.03. The molecule has 0 fully saturated rings. The number of phenolic OH excluding ortho intramolecular Hbond substituents is 14. The number of para-hydroxylation sites is 1. The molecule has 0 unspecified atom stereocenters. The van der Waals surface area contributed by atoms with E-state index in [1.54, 1.807) is 30.3 Å². The van der Waals surface area contributed by atoms with E-state index in [1.807, 2.05) is 135 Å². The first-order valence-electron chi connectivity index (χ1n) is 45.2. The molecule has 0 spiro atoms. The predicted molar refractivity (Wildman–Crippen MR) is 539 cm³/mol. The SMILES string of the molecule is CC(C)(C)c1ccc(OCC(=O)c2ccc(O)cc2O)cc1.CC(C)c1ccc(OCC(=O)c2ccc(O)cc2O)cc1.Cc1c(F)c(F)c(OCC(=O)c2ccc(O)cc2O)c(F)c1F.Cc1c(F)cc(OCC(=O)c2ccc(O)cc2O)cc1F.Cc1ccc(OCC(=O)c2ccc(O)cc2O)cc1.Cc1ccccc1OCC(=O)c1ccc(O)cc1O.O=C(COc1ccc(-c2ccccc2)cc1)c1ccc(O)cc1O. The highest BCUT2D eigenvalue weighted by Gasteiger charge is 2.28. The number of halogens is 6. The van der Waals surface area contributed by atoms with Crippen LogP contribution in [0.5, 0.6) is 121 Å². The Balaban J connectivity index is 0.000000193. The first kappa shape index (κ1) is 114. The molecule has 0 saturated heterocycles. The minimum atomic E-state index is -1.76. The van der Waals surface area contributed by atoms with Gasteiger partial charge in [0, 0.05) is 65.7 Å². The molecule has 149 heavy (non-hydrogen) atoms. The number of rotatable bonds is 30. The fraction of sp³-hybridized carbons (Fsp3) is 0.157. The van der Waals surface area contributed by atoms with Gasteiger partial charge < -0.3 is 105 Å². The molecule has 15 aromatic carbocycles. The highest BCUT2D eigenvalue weighted by Crippen LogP contribution is 2.36. The fourth-order valence-corrected chi connectivity index (χ4v) is 13.1. The van der Waals surface area contributed by atoms with Crippen molar-refractivity contribution in [3.8, 4) is 132 Å². The molecule has 0 radical (unpaired) electrons. The van der Waals surface area contributed by atoms with Crippen LogP contribution in [0.15, 0.2) is 291 Å². The Bertz CT molecular complexity index is 7170. The Morgan fingerprint density at radius 2 is 0.517 bits per heavy atom. The topological polar surface area (TPSA) is 467 Å². The number of hydrogen-bond donors (Lipinski definition) is 14. The van der Waals surface area contributed by atoms with Gasteiger partial charge in [-0.3, -0.25) is 33.6 Å². The van der Waals surface area contributed by atoms with Crippen LogP contribution in [0.4, 0.5) is 26.3 Å². The van der Waals surface area contributed by atoms with Crippen LogP contribution >= 0.6 is 0 Å². The number of ketones is 7. The number of hydrogen-bond acceptors (Lipinski definition) is 28. The summed E-state index contributed by atoms with van der Waals surface area (Å²) in [5.74, 6) is -12.8. The van der Waals surface area contributed by atoms with Crippen molar-refractivity contribution in [2.75, 3.05) is 46.2 Å². The molecule has 0 atom stereocenters. The average molecular weight is 2050 g/mol. The number of aromatic hydroxyl groups is 14. The maximum atomic E-state index is 13.6. The number of ether oxygens (including phenoxy) is 7. The van der Waals surface area contributed by atoms with Gasteiger partial charge in [0.25, 0.3) is 0 Å². The fourth-order valence-electron chi connectivity index (χ4n) is 13.1. The summed E-state index contributed by atoms with van der Waals surface area (Å²) >= 11 is 0. The number of phenols is 14. The lowest BCUT2D eigenvalue weighted by Gasteiger charge is -2.19. The maximum Gasteiger partial charge on any atom is 0.204 e. The highest BCUT2D eigenvalue weighted by atomic mass is 19.2. The summed E-state index contributed by atoms with van der Waals surface area (Å²) < 4.78 is 117. The quantitative estimate of drug-likeness (QED) is 0.0113. The summed E-state index contributed by atoms with van der Waals surface area (Å²) in [7, 11) is 0.